The molecule has 0 saturated carbocycles. The van der Waals surface area contributed by atoms with Crippen molar-refractivity contribution in [3.63, 3.8) is 0 Å². The van der Waals surface area contributed by atoms with Crippen molar-refractivity contribution in [3.05, 3.63) is 28.5 Å². The van der Waals surface area contributed by atoms with Gasteiger partial charge in [0.25, 0.3) is 0 Å². The van der Waals surface area contributed by atoms with E-state index in [1.54, 1.807) is 0 Å². The summed E-state index contributed by atoms with van der Waals surface area (Å²) in [6, 6.07) is 1.96. The molecule has 2 heterocycles. The van der Waals surface area contributed by atoms with Crippen molar-refractivity contribution in [1.82, 2.24) is 10.3 Å². The fourth-order valence-corrected chi connectivity index (χ4v) is 2.33. The molecule has 1 N–H and O–H groups in total. The van der Waals surface area contributed by atoms with E-state index in [0.717, 1.165) is 23.8 Å². The van der Waals surface area contributed by atoms with Gasteiger partial charge in [0.15, 0.2) is 0 Å². The smallest absolute Gasteiger partial charge is 0.0474 e. The van der Waals surface area contributed by atoms with Gasteiger partial charge < -0.3 is 5.32 Å². The third-order valence-electron chi connectivity index (χ3n) is 2.80. The van der Waals surface area contributed by atoms with Gasteiger partial charge in [0.2, 0.25) is 0 Å². The molecule has 0 amide bonds. The molecule has 76 valence electrons. The Morgan fingerprint density at radius 3 is 2.79 bits per heavy atom. The van der Waals surface area contributed by atoms with E-state index in [1.807, 2.05) is 19.2 Å². The number of rotatable bonds is 1. The molecule has 1 fully saturated rings. The fraction of sp³-hybridized carbons (Fsp3) is 0.545. The zero-order valence-electron chi connectivity index (χ0n) is 8.39. The highest BCUT2D eigenvalue weighted by Gasteiger charge is 2.17. The SMILES string of the molecule is Cc1cc(Cl)c(C2CCNCC2)cn1. The predicted molar refractivity (Wildman–Crippen MR) is 58.8 cm³/mol. The molecule has 14 heavy (non-hydrogen) atoms. The third kappa shape index (κ3) is 2.07. The lowest BCUT2D eigenvalue weighted by atomic mass is 9.91. The average Bonchev–Trinajstić information content (AvgIpc) is 2.19. The maximum Gasteiger partial charge on any atom is 0.0474 e. The van der Waals surface area contributed by atoms with Crippen LogP contribution in [0.4, 0.5) is 0 Å². The Balaban J connectivity index is 2.22. The van der Waals surface area contributed by atoms with E-state index in [-0.39, 0.29) is 0 Å². The largest absolute Gasteiger partial charge is 0.317 e. The lowest BCUT2D eigenvalue weighted by molar-refractivity contribution is 0.459. The summed E-state index contributed by atoms with van der Waals surface area (Å²) in [4.78, 5) is 4.31. The van der Waals surface area contributed by atoms with Gasteiger partial charge in [0, 0.05) is 16.9 Å². The molecule has 0 aliphatic carbocycles. The van der Waals surface area contributed by atoms with Crippen LogP contribution in [0.25, 0.3) is 0 Å². The molecule has 0 radical (unpaired) electrons. The molecule has 0 atom stereocenters. The fourth-order valence-electron chi connectivity index (χ4n) is 1.97. The summed E-state index contributed by atoms with van der Waals surface area (Å²) in [6.07, 6.45) is 4.28. The van der Waals surface area contributed by atoms with Gasteiger partial charge in [-0.05, 0) is 50.4 Å². The molecule has 1 aliphatic rings. The number of aryl methyl sites for hydroxylation is 1. The zero-order valence-corrected chi connectivity index (χ0v) is 9.14. The Kier molecular flexibility index (Phi) is 3.04. The quantitative estimate of drug-likeness (QED) is 0.771. The number of nitrogens with zero attached hydrogens (tertiary/aromatic N) is 1. The van der Waals surface area contributed by atoms with Crippen LogP contribution in [-0.2, 0) is 0 Å². The number of pyridine rings is 1. The number of piperidine rings is 1. The minimum Gasteiger partial charge on any atom is -0.317 e. The Labute approximate surface area is 89.7 Å². The average molecular weight is 211 g/mol. The maximum absolute atomic E-state index is 6.20. The van der Waals surface area contributed by atoms with Crippen LogP contribution in [0.3, 0.4) is 0 Å². The molecule has 1 aliphatic heterocycles. The first-order valence-electron chi connectivity index (χ1n) is 5.10. The van der Waals surface area contributed by atoms with E-state index in [1.165, 1.54) is 18.4 Å². The van der Waals surface area contributed by atoms with Crippen LogP contribution in [0.1, 0.15) is 30.0 Å². The minimum absolute atomic E-state index is 0.594. The lowest BCUT2D eigenvalue weighted by Crippen LogP contribution is -2.26. The summed E-state index contributed by atoms with van der Waals surface area (Å²) in [5.41, 5.74) is 2.21. The van der Waals surface area contributed by atoms with Gasteiger partial charge in [-0.3, -0.25) is 4.98 Å². The van der Waals surface area contributed by atoms with Gasteiger partial charge in [0.1, 0.15) is 0 Å². The second-order valence-corrected chi connectivity index (χ2v) is 4.28. The molecule has 1 saturated heterocycles. The molecular formula is C11H15ClN2. The Bertz CT molecular complexity index is 319. The van der Waals surface area contributed by atoms with E-state index in [0.29, 0.717) is 5.92 Å². The van der Waals surface area contributed by atoms with Gasteiger partial charge in [-0.15, -0.1) is 0 Å². The first-order chi connectivity index (χ1) is 6.77. The number of hydrogen-bond donors (Lipinski definition) is 1. The van der Waals surface area contributed by atoms with Crippen molar-refractivity contribution < 1.29 is 0 Å². The van der Waals surface area contributed by atoms with Crippen LogP contribution in [0, 0.1) is 6.92 Å². The molecule has 3 heteroatoms. The van der Waals surface area contributed by atoms with Crippen LogP contribution in [0.15, 0.2) is 12.3 Å². The van der Waals surface area contributed by atoms with Crippen molar-refractivity contribution in [2.75, 3.05) is 13.1 Å². The predicted octanol–water partition coefficient (Wildman–Crippen LogP) is 2.51. The highest BCUT2D eigenvalue weighted by Crippen LogP contribution is 2.30. The monoisotopic (exact) mass is 210 g/mol. The summed E-state index contributed by atoms with van der Waals surface area (Å²) in [7, 11) is 0. The summed E-state index contributed by atoms with van der Waals surface area (Å²) < 4.78 is 0. The van der Waals surface area contributed by atoms with Crippen LogP contribution < -0.4 is 5.32 Å². The van der Waals surface area contributed by atoms with Crippen LogP contribution in [0.5, 0.6) is 0 Å². The molecule has 1 aromatic heterocycles. The molecular weight excluding hydrogens is 196 g/mol. The summed E-state index contributed by atoms with van der Waals surface area (Å²) in [5.74, 6) is 0.594. The van der Waals surface area contributed by atoms with E-state index in [4.69, 9.17) is 11.6 Å². The highest BCUT2D eigenvalue weighted by atomic mass is 35.5. The number of hydrogen-bond acceptors (Lipinski definition) is 2. The number of nitrogens with one attached hydrogen (secondary N) is 1. The summed E-state index contributed by atoms with van der Waals surface area (Å²) in [5, 5.41) is 4.23. The van der Waals surface area contributed by atoms with Gasteiger partial charge in [-0.25, -0.2) is 0 Å². The Morgan fingerprint density at radius 1 is 1.43 bits per heavy atom. The standard InChI is InChI=1S/C11H15ClN2/c1-8-6-11(12)10(7-14-8)9-2-4-13-5-3-9/h6-7,9,13H,2-5H2,1H3. The van der Waals surface area contributed by atoms with Crippen LogP contribution in [-0.4, -0.2) is 18.1 Å². The maximum atomic E-state index is 6.20. The lowest BCUT2D eigenvalue weighted by Gasteiger charge is -2.23. The molecule has 1 aromatic rings. The van der Waals surface area contributed by atoms with Gasteiger partial charge in [0.05, 0.1) is 0 Å². The van der Waals surface area contributed by atoms with Crippen molar-refractivity contribution >= 4 is 11.6 Å². The Hall–Kier alpha value is -0.600. The van der Waals surface area contributed by atoms with E-state index >= 15 is 0 Å². The van der Waals surface area contributed by atoms with Gasteiger partial charge in [-0.2, -0.15) is 0 Å². The van der Waals surface area contributed by atoms with Crippen molar-refractivity contribution in [1.29, 1.82) is 0 Å². The molecule has 0 unspecified atom stereocenters. The normalized spacial score (nSPS) is 18.4. The van der Waals surface area contributed by atoms with Crippen molar-refractivity contribution in [2.24, 2.45) is 0 Å². The molecule has 0 aromatic carbocycles. The summed E-state index contributed by atoms with van der Waals surface area (Å²) in [6.45, 7) is 4.15. The van der Waals surface area contributed by atoms with Crippen molar-refractivity contribution in [3.8, 4) is 0 Å². The highest BCUT2D eigenvalue weighted by molar-refractivity contribution is 6.31. The first kappa shape index (κ1) is 9.94. The molecule has 2 nitrogen and oxygen atoms in total. The number of halogens is 1. The Morgan fingerprint density at radius 2 is 2.14 bits per heavy atom. The van der Waals surface area contributed by atoms with E-state index in [2.05, 4.69) is 10.3 Å². The zero-order chi connectivity index (χ0) is 9.97. The van der Waals surface area contributed by atoms with E-state index < -0.39 is 0 Å². The third-order valence-corrected chi connectivity index (χ3v) is 3.12. The van der Waals surface area contributed by atoms with Gasteiger partial charge in [-0.1, -0.05) is 11.6 Å². The summed E-state index contributed by atoms with van der Waals surface area (Å²) >= 11 is 6.20. The molecule has 0 bridgehead atoms. The molecule has 2 rings (SSSR count). The van der Waals surface area contributed by atoms with Crippen LogP contribution in [0.2, 0.25) is 5.02 Å². The number of aromatic nitrogens is 1. The second-order valence-electron chi connectivity index (χ2n) is 3.87. The van der Waals surface area contributed by atoms with Gasteiger partial charge >= 0.3 is 0 Å². The second kappa shape index (κ2) is 4.28. The van der Waals surface area contributed by atoms with Crippen molar-refractivity contribution in [2.45, 2.75) is 25.7 Å². The van der Waals surface area contributed by atoms with E-state index in [9.17, 15) is 0 Å². The molecule has 0 spiro atoms. The topological polar surface area (TPSA) is 24.9 Å². The minimum atomic E-state index is 0.594. The first-order valence-corrected chi connectivity index (χ1v) is 5.48. The van der Waals surface area contributed by atoms with Crippen LogP contribution >= 0.6 is 11.6 Å².